The predicted octanol–water partition coefficient (Wildman–Crippen LogP) is 2.78. The topological polar surface area (TPSA) is 53.1 Å². The first-order chi connectivity index (χ1) is 8.11. The first-order valence-corrected chi connectivity index (χ1v) is 6.36. The zero-order valence-electron chi connectivity index (χ0n) is 9.15. The van der Waals surface area contributed by atoms with Crippen molar-refractivity contribution in [3.05, 3.63) is 38.6 Å². The Kier molecular flexibility index (Phi) is 3.78. The summed E-state index contributed by atoms with van der Waals surface area (Å²) in [6.45, 7) is 0.596. The highest BCUT2D eigenvalue weighted by molar-refractivity contribution is 14.1. The number of ether oxygens (including phenoxy) is 1. The van der Waals surface area contributed by atoms with Crippen LogP contribution in [0, 0.1) is 3.57 Å². The molecule has 90 valence electrons. The Bertz CT molecular complexity index is 542. The number of hydrogen-bond acceptors (Lipinski definition) is 3. The summed E-state index contributed by atoms with van der Waals surface area (Å²) in [4.78, 5) is 0. The number of aromatic nitrogens is 2. The number of rotatable bonds is 3. The minimum Gasteiger partial charge on any atom is -0.495 e. The summed E-state index contributed by atoms with van der Waals surface area (Å²) in [5.41, 5.74) is 6.91. The molecule has 1 aromatic carbocycles. The van der Waals surface area contributed by atoms with Crippen LogP contribution in [0.3, 0.4) is 0 Å². The van der Waals surface area contributed by atoms with E-state index in [4.69, 9.17) is 22.1 Å². The highest BCUT2D eigenvalue weighted by Gasteiger charge is 2.07. The number of methoxy groups -OCH3 is 1. The lowest BCUT2D eigenvalue weighted by Gasteiger charge is -2.07. The molecular weight excluding hydrogens is 352 g/mol. The molecule has 6 heteroatoms. The molecule has 0 atom stereocenters. The Hall–Kier alpha value is -0.950. The predicted molar refractivity (Wildman–Crippen MR) is 76.5 cm³/mol. The Labute approximate surface area is 118 Å². The lowest BCUT2D eigenvalue weighted by Crippen LogP contribution is -2.06. The molecule has 0 amide bonds. The van der Waals surface area contributed by atoms with E-state index < -0.39 is 0 Å². The molecule has 0 unspecified atom stereocenters. The molecule has 0 saturated carbocycles. The number of halogens is 2. The van der Waals surface area contributed by atoms with Gasteiger partial charge in [-0.1, -0.05) is 17.7 Å². The molecule has 0 bridgehead atoms. The lowest BCUT2D eigenvalue weighted by atomic mass is 10.2. The molecule has 0 radical (unpaired) electrons. The molecule has 0 fully saturated rings. The maximum absolute atomic E-state index is 6.05. The maximum Gasteiger partial charge on any atom is 0.137 e. The Morgan fingerprint density at radius 3 is 2.82 bits per heavy atom. The summed E-state index contributed by atoms with van der Waals surface area (Å²) in [5.74, 6) is 1.33. The number of nitrogens with two attached hydrogens (primary N) is 1. The Morgan fingerprint density at radius 1 is 1.53 bits per heavy atom. The van der Waals surface area contributed by atoms with Gasteiger partial charge in [-0.15, -0.1) is 0 Å². The van der Waals surface area contributed by atoms with Crippen LogP contribution in [0.15, 0.2) is 24.4 Å². The van der Waals surface area contributed by atoms with Gasteiger partial charge in [-0.3, -0.25) is 0 Å². The van der Waals surface area contributed by atoms with Crippen molar-refractivity contribution < 1.29 is 4.74 Å². The average Bonchev–Trinajstić information content (AvgIpc) is 2.61. The zero-order chi connectivity index (χ0) is 12.4. The van der Waals surface area contributed by atoms with Crippen LogP contribution in [0.25, 0.3) is 0 Å². The first-order valence-electron chi connectivity index (χ1n) is 4.91. The molecule has 0 saturated heterocycles. The third kappa shape index (κ3) is 2.66. The van der Waals surface area contributed by atoms with E-state index in [-0.39, 0.29) is 0 Å². The monoisotopic (exact) mass is 363 g/mol. The fourth-order valence-corrected chi connectivity index (χ4v) is 2.16. The number of nitrogen functional groups attached to an aromatic ring is 1. The first kappa shape index (κ1) is 12.5. The average molecular weight is 364 g/mol. The van der Waals surface area contributed by atoms with Crippen LogP contribution in [0.2, 0.25) is 5.02 Å². The molecule has 0 aliphatic heterocycles. The van der Waals surface area contributed by atoms with Crippen molar-refractivity contribution in [2.45, 2.75) is 6.54 Å². The minimum absolute atomic E-state index is 0.588. The standard InChI is InChI=1S/C11H11ClIN3O/c1-17-10-3-2-7(4-8(10)12)6-16-11(14)9(13)5-15-16/h2-5H,6,14H2,1H3. The minimum atomic E-state index is 0.588. The van der Waals surface area contributed by atoms with E-state index in [0.717, 1.165) is 9.13 Å². The van der Waals surface area contributed by atoms with Crippen LogP contribution < -0.4 is 10.5 Å². The third-order valence-electron chi connectivity index (χ3n) is 2.38. The van der Waals surface area contributed by atoms with Gasteiger partial charge in [0.15, 0.2) is 0 Å². The van der Waals surface area contributed by atoms with Crippen LogP contribution in [-0.2, 0) is 6.54 Å². The second-order valence-electron chi connectivity index (χ2n) is 3.50. The molecule has 1 aromatic heterocycles. The molecule has 2 aromatic rings. The fourth-order valence-electron chi connectivity index (χ4n) is 1.48. The second-order valence-corrected chi connectivity index (χ2v) is 5.07. The normalized spacial score (nSPS) is 10.5. The Balaban J connectivity index is 2.25. The third-order valence-corrected chi connectivity index (χ3v) is 3.51. The molecule has 0 spiro atoms. The SMILES string of the molecule is COc1ccc(Cn2ncc(I)c2N)cc1Cl. The number of nitrogens with zero attached hydrogens (tertiary/aromatic N) is 2. The number of benzene rings is 1. The molecule has 2 rings (SSSR count). The lowest BCUT2D eigenvalue weighted by molar-refractivity contribution is 0.415. The van der Waals surface area contributed by atoms with Gasteiger partial charge in [-0.2, -0.15) is 5.10 Å². The van der Waals surface area contributed by atoms with Gasteiger partial charge in [0.05, 0.1) is 28.4 Å². The molecule has 17 heavy (non-hydrogen) atoms. The quantitative estimate of drug-likeness (QED) is 0.853. The van der Waals surface area contributed by atoms with Crippen LogP contribution in [0.4, 0.5) is 5.82 Å². The highest BCUT2D eigenvalue weighted by atomic mass is 127. The van der Waals surface area contributed by atoms with E-state index in [1.165, 1.54) is 0 Å². The van der Waals surface area contributed by atoms with Crippen molar-refractivity contribution in [3.8, 4) is 5.75 Å². The maximum atomic E-state index is 6.05. The van der Waals surface area contributed by atoms with Crippen molar-refractivity contribution >= 4 is 40.0 Å². The van der Waals surface area contributed by atoms with Crippen molar-refractivity contribution in [2.75, 3.05) is 12.8 Å². The summed E-state index contributed by atoms with van der Waals surface area (Å²) >= 11 is 8.20. The molecule has 0 aliphatic carbocycles. The summed E-state index contributed by atoms with van der Waals surface area (Å²) in [6.07, 6.45) is 1.74. The van der Waals surface area contributed by atoms with E-state index in [0.29, 0.717) is 23.1 Å². The van der Waals surface area contributed by atoms with Crippen LogP contribution in [0.1, 0.15) is 5.56 Å². The smallest absolute Gasteiger partial charge is 0.137 e. The second kappa shape index (κ2) is 5.14. The molecule has 0 aliphatic rings. The van der Waals surface area contributed by atoms with E-state index in [2.05, 4.69) is 27.7 Å². The van der Waals surface area contributed by atoms with E-state index in [1.807, 2.05) is 18.2 Å². The zero-order valence-corrected chi connectivity index (χ0v) is 12.1. The van der Waals surface area contributed by atoms with Crippen molar-refractivity contribution in [1.29, 1.82) is 0 Å². The molecule has 1 heterocycles. The van der Waals surface area contributed by atoms with E-state index in [1.54, 1.807) is 18.0 Å². The summed E-state index contributed by atoms with van der Waals surface area (Å²) in [5, 5.41) is 4.78. The fraction of sp³-hybridized carbons (Fsp3) is 0.182. The van der Waals surface area contributed by atoms with Gasteiger partial charge in [-0.25, -0.2) is 4.68 Å². The molecule has 4 nitrogen and oxygen atoms in total. The van der Waals surface area contributed by atoms with Crippen molar-refractivity contribution in [1.82, 2.24) is 9.78 Å². The van der Waals surface area contributed by atoms with Crippen LogP contribution in [-0.4, -0.2) is 16.9 Å². The van der Waals surface area contributed by atoms with Crippen LogP contribution in [0.5, 0.6) is 5.75 Å². The largest absolute Gasteiger partial charge is 0.495 e. The molecule has 2 N–H and O–H groups in total. The number of anilines is 1. The summed E-state index contributed by atoms with van der Waals surface area (Å²) in [6, 6.07) is 5.63. The van der Waals surface area contributed by atoms with Gasteiger partial charge in [-0.05, 0) is 40.3 Å². The summed E-state index contributed by atoms with van der Waals surface area (Å²) in [7, 11) is 1.59. The van der Waals surface area contributed by atoms with Crippen molar-refractivity contribution in [2.24, 2.45) is 0 Å². The highest BCUT2D eigenvalue weighted by Crippen LogP contribution is 2.25. The van der Waals surface area contributed by atoms with Gasteiger partial charge in [0.25, 0.3) is 0 Å². The van der Waals surface area contributed by atoms with Crippen LogP contribution >= 0.6 is 34.2 Å². The Morgan fingerprint density at radius 2 is 2.29 bits per heavy atom. The number of hydrogen-bond donors (Lipinski definition) is 1. The van der Waals surface area contributed by atoms with Gasteiger partial charge in [0, 0.05) is 0 Å². The van der Waals surface area contributed by atoms with Crippen molar-refractivity contribution in [3.63, 3.8) is 0 Å². The van der Waals surface area contributed by atoms with Gasteiger partial charge in [0.1, 0.15) is 11.6 Å². The van der Waals surface area contributed by atoms with Gasteiger partial charge in [0.2, 0.25) is 0 Å². The van der Waals surface area contributed by atoms with E-state index in [9.17, 15) is 0 Å². The van der Waals surface area contributed by atoms with Gasteiger partial charge >= 0.3 is 0 Å². The summed E-state index contributed by atoms with van der Waals surface area (Å²) < 4.78 is 7.78. The van der Waals surface area contributed by atoms with E-state index >= 15 is 0 Å². The van der Waals surface area contributed by atoms with Gasteiger partial charge < -0.3 is 10.5 Å². The molecular formula is C11H11ClIN3O.